The van der Waals surface area contributed by atoms with Gasteiger partial charge in [0.15, 0.2) is 0 Å². The molecule has 0 saturated carbocycles. The quantitative estimate of drug-likeness (QED) is 0.754. The summed E-state index contributed by atoms with van der Waals surface area (Å²) in [7, 11) is 0. The van der Waals surface area contributed by atoms with Crippen LogP contribution in [0.15, 0.2) is 0 Å². The van der Waals surface area contributed by atoms with E-state index in [-0.39, 0.29) is 0 Å². The van der Waals surface area contributed by atoms with Gasteiger partial charge in [0.1, 0.15) is 0 Å². The van der Waals surface area contributed by atoms with Crippen molar-refractivity contribution in [3.8, 4) is 0 Å². The molecule has 1 saturated heterocycles. The first kappa shape index (κ1) is 13.9. The van der Waals surface area contributed by atoms with Gasteiger partial charge in [0.05, 0.1) is 12.7 Å². The van der Waals surface area contributed by atoms with E-state index < -0.39 is 0 Å². The van der Waals surface area contributed by atoms with E-state index in [2.05, 4.69) is 25.7 Å². The van der Waals surface area contributed by atoms with Gasteiger partial charge in [-0.25, -0.2) is 0 Å². The van der Waals surface area contributed by atoms with Gasteiger partial charge in [0.2, 0.25) is 0 Å². The van der Waals surface area contributed by atoms with Crippen LogP contribution in [0.25, 0.3) is 0 Å². The standard InChI is InChI=1S/C13H28N2O/c1-4-13-10-16-12(3)9-15(13)7-5-6-11(2)8-14/h11-13H,4-10,14H2,1-3H3. The van der Waals surface area contributed by atoms with Crippen LogP contribution in [0.3, 0.4) is 0 Å². The molecule has 0 amide bonds. The Morgan fingerprint density at radius 3 is 2.88 bits per heavy atom. The highest BCUT2D eigenvalue weighted by Crippen LogP contribution is 2.16. The van der Waals surface area contributed by atoms with Crippen molar-refractivity contribution < 1.29 is 4.74 Å². The third-order valence-electron chi connectivity index (χ3n) is 3.60. The SMILES string of the molecule is CCC1COC(C)CN1CCCC(C)CN. The Hall–Kier alpha value is -0.120. The summed E-state index contributed by atoms with van der Waals surface area (Å²) in [6, 6.07) is 0.629. The van der Waals surface area contributed by atoms with Crippen LogP contribution in [-0.4, -0.2) is 43.3 Å². The molecule has 16 heavy (non-hydrogen) atoms. The largest absolute Gasteiger partial charge is 0.376 e. The lowest BCUT2D eigenvalue weighted by atomic mass is 10.0. The molecule has 3 unspecified atom stereocenters. The third kappa shape index (κ3) is 4.40. The molecule has 96 valence electrons. The average Bonchev–Trinajstić information content (AvgIpc) is 2.29. The molecule has 3 atom stereocenters. The van der Waals surface area contributed by atoms with Crippen LogP contribution in [0.5, 0.6) is 0 Å². The second kappa shape index (κ2) is 7.25. The topological polar surface area (TPSA) is 38.5 Å². The molecule has 1 rings (SSSR count). The Morgan fingerprint density at radius 1 is 1.50 bits per heavy atom. The van der Waals surface area contributed by atoms with Crippen molar-refractivity contribution >= 4 is 0 Å². The summed E-state index contributed by atoms with van der Waals surface area (Å²) in [5, 5.41) is 0. The zero-order valence-corrected chi connectivity index (χ0v) is 11.1. The number of morpholine rings is 1. The van der Waals surface area contributed by atoms with Crippen LogP contribution >= 0.6 is 0 Å². The molecular formula is C13H28N2O. The Kier molecular flexibility index (Phi) is 6.32. The van der Waals surface area contributed by atoms with Gasteiger partial charge < -0.3 is 10.5 Å². The lowest BCUT2D eigenvalue weighted by Crippen LogP contribution is -2.48. The summed E-state index contributed by atoms with van der Waals surface area (Å²) in [6.07, 6.45) is 4.11. The second-order valence-electron chi connectivity index (χ2n) is 5.18. The van der Waals surface area contributed by atoms with Crippen molar-refractivity contribution in [1.29, 1.82) is 0 Å². The van der Waals surface area contributed by atoms with E-state index >= 15 is 0 Å². The van der Waals surface area contributed by atoms with Crippen molar-refractivity contribution in [3.63, 3.8) is 0 Å². The average molecular weight is 228 g/mol. The van der Waals surface area contributed by atoms with Crippen LogP contribution in [0.2, 0.25) is 0 Å². The van der Waals surface area contributed by atoms with Gasteiger partial charge in [0, 0.05) is 12.6 Å². The zero-order valence-electron chi connectivity index (χ0n) is 11.1. The maximum absolute atomic E-state index is 5.70. The van der Waals surface area contributed by atoms with Crippen LogP contribution in [0, 0.1) is 5.92 Å². The summed E-state index contributed by atoms with van der Waals surface area (Å²) in [5.41, 5.74) is 5.63. The molecule has 0 radical (unpaired) electrons. The van der Waals surface area contributed by atoms with Crippen LogP contribution in [0.1, 0.15) is 40.0 Å². The van der Waals surface area contributed by atoms with Gasteiger partial charge in [0.25, 0.3) is 0 Å². The van der Waals surface area contributed by atoms with Gasteiger partial charge in [-0.1, -0.05) is 13.8 Å². The first-order valence-electron chi connectivity index (χ1n) is 6.73. The number of ether oxygens (including phenoxy) is 1. The molecule has 0 spiro atoms. The van der Waals surface area contributed by atoms with Gasteiger partial charge in [-0.3, -0.25) is 4.90 Å². The molecule has 0 aromatic carbocycles. The molecule has 0 bridgehead atoms. The highest BCUT2D eigenvalue weighted by atomic mass is 16.5. The second-order valence-corrected chi connectivity index (χ2v) is 5.18. The maximum atomic E-state index is 5.70. The summed E-state index contributed by atoms with van der Waals surface area (Å²) in [6.45, 7) is 10.7. The Labute approximate surface area is 100 Å². The van der Waals surface area contributed by atoms with Crippen molar-refractivity contribution in [2.45, 2.75) is 52.2 Å². The molecule has 3 heteroatoms. The summed E-state index contributed by atoms with van der Waals surface area (Å²) in [5.74, 6) is 0.665. The van der Waals surface area contributed by atoms with E-state index in [1.807, 2.05) is 0 Å². The maximum Gasteiger partial charge on any atom is 0.0674 e. The molecule has 0 aromatic rings. The molecule has 1 fully saturated rings. The van der Waals surface area contributed by atoms with Crippen LogP contribution in [-0.2, 0) is 4.74 Å². The first-order valence-corrected chi connectivity index (χ1v) is 6.73. The number of nitrogens with two attached hydrogens (primary N) is 1. The van der Waals surface area contributed by atoms with Gasteiger partial charge >= 0.3 is 0 Å². The Balaban J connectivity index is 2.26. The summed E-state index contributed by atoms with van der Waals surface area (Å²) in [4.78, 5) is 2.59. The number of hydrogen-bond donors (Lipinski definition) is 1. The summed E-state index contributed by atoms with van der Waals surface area (Å²) < 4.78 is 5.70. The minimum atomic E-state index is 0.398. The molecular weight excluding hydrogens is 200 g/mol. The minimum Gasteiger partial charge on any atom is -0.376 e. The highest BCUT2D eigenvalue weighted by molar-refractivity contribution is 4.77. The smallest absolute Gasteiger partial charge is 0.0674 e. The first-order chi connectivity index (χ1) is 7.67. The van der Waals surface area contributed by atoms with E-state index in [0.717, 1.165) is 19.7 Å². The molecule has 3 nitrogen and oxygen atoms in total. The minimum absolute atomic E-state index is 0.398. The fourth-order valence-corrected chi connectivity index (χ4v) is 2.32. The number of hydrogen-bond acceptors (Lipinski definition) is 3. The fraction of sp³-hybridized carbons (Fsp3) is 1.00. The summed E-state index contributed by atoms with van der Waals surface area (Å²) >= 11 is 0. The molecule has 0 aliphatic carbocycles. The van der Waals surface area contributed by atoms with Crippen molar-refractivity contribution in [1.82, 2.24) is 4.90 Å². The molecule has 1 heterocycles. The van der Waals surface area contributed by atoms with E-state index in [4.69, 9.17) is 10.5 Å². The van der Waals surface area contributed by atoms with Gasteiger partial charge in [-0.15, -0.1) is 0 Å². The number of nitrogens with zero attached hydrogens (tertiary/aromatic N) is 1. The Bertz CT molecular complexity index is 187. The fourth-order valence-electron chi connectivity index (χ4n) is 2.32. The molecule has 0 aromatic heterocycles. The molecule has 2 N–H and O–H groups in total. The van der Waals surface area contributed by atoms with E-state index in [1.54, 1.807) is 0 Å². The zero-order chi connectivity index (χ0) is 12.0. The van der Waals surface area contributed by atoms with Gasteiger partial charge in [-0.05, 0) is 45.2 Å². The molecule has 1 aliphatic rings. The lowest BCUT2D eigenvalue weighted by Gasteiger charge is -2.38. The van der Waals surface area contributed by atoms with Crippen LogP contribution in [0.4, 0.5) is 0 Å². The lowest BCUT2D eigenvalue weighted by molar-refractivity contribution is -0.0563. The van der Waals surface area contributed by atoms with Crippen molar-refractivity contribution in [3.05, 3.63) is 0 Å². The van der Waals surface area contributed by atoms with Gasteiger partial charge in [-0.2, -0.15) is 0 Å². The predicted molar refractivity (Wildman–Crippen MR) is 68.5 cm³/mol. The van der Waals surface area contributed by atoms with E-state index in [0.29, 0.717) is 18.1 Å². The normalized spacial score (nSPS) is 29.2. The third-order valence-corrected chi connectivity index (χ3v) is 3.60. The molecule has 1 aliphatic heterocycles. The van der Waals surface area contributed by atoms with E-state index in [9.17, 15) is 0 Å². The van der Waals surface area contributed by atoms with E-state index in [1.165, 1.54) is 25.8 Å². The predicted octanol–water partition coefficient (Wildman–Crippen LogP) is 1.86. The van der Waals surface area contributed by atoms with Crippen molar-refractivity contribution in [2.75, 3.05) is 26.2 Å². The highest BCUT2D eigenvalue weighted by Gasteiger charge is 2.24. The Morgan fingerprint density at radius 2 is 2.25 bits per heavy atom. The number of rotatable bonds is 6. The van der Waals surface area contributed by atoms with Crippen LogP contribution < -0.4 is 5.73 Å². The van der Waals surface area contributed by atoms with Crippen molar-refractivity contribution in [2.24, 2.45) is 11.7 Å². The monoisotopic (exact) mass is 228 g/mol.